The molecule has 0 bridgehead atoms. The van der Waals surface area contributed by atoms with E-state index in [1.807, 2.05) is 0 Å². The van der Waals surface area contributed by atoms with Gasteiger partial charge in [0.25, 0.3) is 5.91 Å². The van der Waals surface area contributed by atoms with Crippen LogP contribution in [-0.4, -0.2) is 44.9 Å². The quantitative estimate of drug-likeness (QED) is 0.782. The highest BCUT2D eigenvalue weighted by Gasteiger charge is 2.36. The minimum absolute atomic E-state index is 0.0370. The van der Waals surface area contributed by atoms with E-state index in [9.17, 15) is 26.4 Å². The number of ether oxygens (including phenoxy) is 1. The van der Waals surface area contributed by atoms with Gasteiger partial charge in [0.2, 0.25) is 10.0 Å². The van der Waals surface area contributed by atoms with Gasteiger partial charge in [-0.15, -0.1) is 0 Å². The molecule has 3 rings (SSSR count). The largest absolute Gasteiger partial charge is 0.379 e. The van der Waals surface area contributed by atoms with E-state index in [-0.39, 0.29) is 35.3 Å². The zero-order valence-electron chi connectivity index (χ0n) is 14.1. The van der Waals surface area contributed by atoms with E-state index in [4.69, 9.17) is 4.74 Å². The van der Waals surface area contributed by atoms with Crippen molar-refractivity contribution in [1.29, 1.82) is 0 Å². The van der Waals surface area contributed by atoms with Crippen molar-refractivity contribution in [2.24, 2.45) is 0 Å². The third-order valence-electron chi connectivity index (χ3n) is 4.12. The van der Waals surface area contributed by atoms with Crippen LogP contribution in [0.1, 0.15) is 10.4 Å². The van der Waals surface area contributed by atoms with Crippen LogP contribution in [0.2, 0.25) is 0 Å². The maximum absolute atomic E-state index is 13.2. The van der Waals surface area contributed by atoms with Crippen LogP contribution in [0.4, 0.5) is 18.9 Å². The molecule has 0 radical (unpaired) electrons. The number of halogens is 3. The van der Waals surface area contributed by atoms with E-state index < -0.39 is 33.4 Å². The summed E-state index contributed by atoms with van der Waals surface area (Å²) in [6.07, 6.45) is -0.172. The fraction of sp³-hybridized carbons (Fsp3) is 0.235. The smallest absolute Gasteiger partial charge is 0.255 e. The first-order valence-corrected chi connectivity index (χ1v) is 9.25. The lowest BCUT2D eigenvalue weighted by molar-refractivity contribution is 0.0125. The number of carbonyl (C=O) groups excluding carboxylic acids is 1. The molecule has 10 heteroatoms. The Morgan fingerprint density at radius 1 is 1.15 bits per heavy atom. The molecule has 0 saturated carbocycles. The molecule has 0 aliphatic carbocycles. The molecule has 1 heterocycles. The topological polar surface area (TPSA) is 75.7 Å². The van der Waals surface area contributed by atoms with Gasteiger partial charge in [-0.2, -0.15) is 4.31 Å². The van der Waals surface area contributed by atoms with Crippen LogP contribution in [0, 0.1) is 17.5 Å². The number of rotatable bonds is 5. The van der Waals surface area contributed by atoms with E-state index in [2.05, 4.69) is 5.32 Å². The first kappa shape index (κ1) is 19.3. The summed E-state index contributed by atoms with van der Waals surface area (Å²) in [5.41, 5.74) is -0.333. The lowest BCUT2D eigenvalue weighted by Gasteiger charge is -2.36. The van der Waals surface area contributed by atoms with Crippen molar-refractivity contribution in [3.05, 3.63) is 59.4 Å². The summed E-state index contributed by atoms with van der Waals surface area (Å²) in [6.45, 7) is 0.423. The van der Waals surface area contributed by atoms with Crippen molar-refractivity contribution in [3.8, 4) is 0 Å². The van der Waals surface area contributed by atoms with E-state index in [1.165, 1.54) is 29.6 Å². The summed E-state index contributed by atoms with van der Waals surface area (Å²) in [5, 5.41) is 2.21. The maximum Gasteiger partial charge on any atom is 0.255 e. The van der Waals surface area contributed by atoms with Gasteiger partial charge in [0.05, 0.1) is 11.0 Å². The van der Waals surface area contributed by atoms with Gasteiger partial charge in [0, 0.05) is 43.6 Å². The number of anilines is 1. The van der Waals surface area contributed by atoms with Crippen LogP contribution in [-0.2, 0) is 14.8 Å². The Bertz CT molecular complexity index is 968. The summed E-state index contributed by atoms with van der Waals surface area (Å²) in [4.78, 5) is 12.2. The zero-order valence-corrected chi connectivity index (χ0v) is 14.9. The summed E-state index contributed by atoms with van der Waals surface area (Å²) < 4.78 is 70.8. The summed E-state index contributed by atoms with van der Waals surface area (Å²) in [6, 6.07) is 6.47. The molecule has 0 aromatic heterocycles. The number of nitrogens with one attached hydrogen (secondary N) is 1. The van der Waals surface area contributed by atoms with Gasteiger partial charge in [-0.05, 0) is 18.2 Å². The standard InChI is InChI=1S/C17H15F3N2O4S/c1-26-12-8-22(9-12)27(24,25)13-4-2-3-10(5-13)17(23)21-11-6-14(18)16(20)15(19)7-11/h2-7,12H,8-9H2,1H3,(H,21,23). The third kappa shape index (κ3) is 3.82. The second kappa shape index (κ2) is 7.29. The van der Waals surface area contributed by atoms with Crippen LogP contribution >= 0.6 is 0 Å². The SMILES string of the molecule is COC1CN(S(=O)(=O)c2cccc(C(=O)Nc3cc(F)c(F)c(F)c3)c2)C1. The fourth-order valence-electron chi connectivity index (χ4n) is 2.52. The highest BCUT2D eigenvalue weighted by atomic mass is 32.2. The number of nitrogens with zero attached hydrogens (tertiary/aromatic N) is 1. The summed E-state index contributed by atoms with van der Waals surface area (Å²) in [5.74, 6) is -5.35. The van der Waals surface area contributed by atoms with Crippen molar-refractivity contribution in [2.45, 2.75) is 11.0 Å². The van der Waals surface area contributed by atoms with Crippen LogP contribution < -0.4 is 5.32 Å². The average molecular weight is 400 g/mol. The molecular weight excluding hydrogens is 385 g/mol. The van der Waals surface area contributed by atoms with Crippen molar-refractivity contribution >= 4 is 21.6 Å². The Labute approximate surface area is 153 Å². The third-order valence-corrected chi connectivity index (χ3v) is 5.95. The molecule has 0 atom stereocenters. The molecule has 2 aromatic carbocycles. The lowest BCUT2D eigenvalue weighted by Crippen LogP contribution is -2.54. The van der Waals surface area contributed by atoms with E-state index in [1.54, 1.807) is 0 Å². The molecule has 144 valence electrons. The zero-order chi connectivity index (χ0) is 19.8. The molecule has 2 aromatic rings. The van der Waals surface area contributed by atoms with Gasteiger partial charge in [-0.1, -0.05) is 6.07 Å². The number of benzene rings is 2. The van der Waals surface area contributed by atoms with Crippen LogP contribution in [0.3, 0.4) is 0 Å². The predicted octanol–water partition coefficient (Wildman–Crippen LogP) is 2.38. The van der Waals surface area contributed by atoms with Gasteiger partial charge in [0.15, 0.2) is 17.5 Å². The number of sulfonamides is 1. The molecule has 1 fully saturated rings. The van der Waals surface area contributed by atoms with E-state index in [0.29, 0.717) is 12.1 Å². The van der Waals surface area contributed by atoms with Crippen LogP contribution in [0.5, 0.6) is 0 Å². The van der Waals surface area contributed by atoms with Gasteiger partial charge in [0.1, 0.15) is 0 Å². The van der Waals surface area contributed by atoms with Gasteiger partial charge in [-0.25, -0.2) is 21.6 Å². The highest BCUT2D eigenvalue weighted by molar-refractivity contribution is 7.89. The van der Waals surface area contributed by atoms with Gasteiger partial charge >= 0.3 is 0 Å². The number of carbonyl (C=O) groups is 1. The highest BCUT2D eigenvalue weighted by Crippen LogP contribution is 2.24. The molecule has 1 amide bonds. The van der Waals surface area contributed by atoms with Crippen LogP contribution in [0.15, 0.2) is 41.3 Å². The molecular formula is C17H15F3N2O4S. The number of hydrogen-bond donors (Lipinski definition) is 1. The molecule has 6 nitrogen and oxygen atoms in total. The Kier molecular flexibility index (Phi) is 5.22. The van der Waals surface area contributed by atoms with Crippen molar-refractivity contribution < 1.29 is 31.1 Å². The Hall–Kier alpha value is -2.43. The van der Waals surface area contributed by atoms with Crippen molar-refractivity contribution in [1.82, 2.24) is 4.31 Å². The van der Waals surface area contributed by atoms with E-state index >= 15 is 0 Å². The monoisotopic (exact) mass is 400 g/mol. The molecule has 1 saturated heterocycles. The maximum atomic E-state index is 13.2. The normalized spacial score (nSPS) is 15.4. The second-order valence-electron chi connectivity index (χ2n) is 5.92. The first-order valence-electron chi connectivity index (χ1n) is 7.81. The average Bonchev–Trinajstić information content (AvgIpc) is 2.58. The van der Waals surface area contributed by atoms with Crippen molar-refractivity contribution in [3.63, 3.8) is 0 Å². The number of hydrogen-bond acceptors (Lipinski definition) is 4. The minimum Gasteiger partial charge on any atom is -0.379 e. The molecule has 1 aliphatic rings. The van der Waals surface area contributed by atoms with E-state index in [0.717, 1.165) is 6.07 Å². The molecule has 1 N–H and O–H groups in total. The van der Waals surface area contributed by atoms with Crippen LogP contribution in [0.25, 0.3) is 0 Å². The summed E-state index contributed by atoms with van der Waals surface area (Å²) >= 11 is 0. The van der Waals surface area contributed by atoms with Gasteiger partial charge in [-0.3, -0.25) is 4.79 Å². The Morgan fingerprint density at radius 3 is 2.37 bits per heavy atom. The summed E-state index contributed by atoms with van der Waals surface area (Å²) in [7, 11) is -2.30. The van der Waals surface area contributed by atoms with Gasteiger partial charge < -0.3 is 10.1 Å². The fourth-order valence-corrected chi connectivity index (χ4v) is 4.07. The molecule has 27 heavy (non-hydrogen) atoms. The van der Waals surface area contributed by atoms with Crippen molar-refractivity contribution in [2.75, 3.05) is 25.5 Å². The first-order chi connectivity index (χ1) is 12.7. The Balaban J connectivity index is 1.80. The number of amides is 1. The molecule has 0 unspecified atom stereocenters. The lowest BCUT2D eigenvalue weighted by atomic mass is 10.2. The molecule has 1 aliphatic heterocycles. The molecule has 0 spiro atoms. The second-order valence-corrected chi connectivity index (χ2v) is 7.85. The predicted molar refractivity (Wildman–Crippen MR) is 90.3 cm³/mol. The Morgan fingerprint density at radius 2 is 1.78 bits per heavy atom. The minimum atomic E-state index is -3.79. The number of methoxy groups -OCH3 is 1.